The number of halogens is 1. The predicted molar refractivity (Wildman–Crippen MR) is 148 cm³/mol. The number of carbonyl (C=O) groups excluding carboxylic acids is 2. The Labute approximate surface area is 228 Å². The van der Waals surface area contributed by atoms with E-state index in [9.17, 15) is 18.8 Å². The zero-order valence-corrected chi connectivity index (χ0v) is 21.6. The van der Waals surface area contributed by atoms with Crippen molar-refractivity contribution >= 4 is 28.5 Å². The van der Waals surface area contributed by atoms with Gasteiger partial charge in [0.25, 0.3) is 11.8 Å². The van der Waals surface area contributed by atoms with Gasteiger partial charge in [0.1, 0.15) is 11.4 Å². The van der Waals surface area contributed by atoms with E-state index < -0.39 is 28.6 Å². The van der Waals surface area contributed by atoms with E-state index in [1.165, 1.54) is 17.0 Å². The SMILES string of the molecule is Cc1ccccc1CN1C(=O)C2(c3ccccc31)c1c(oc3ccccc3c1=O)C(=O)N2Cc1ccc(F)cc1. The van der Waals surface area contributed by atoms with Crippen LogP contribution in [0.5, 0.6) is 0 Å². The topological polar surface area (TPSA) is 70.8 Å². The summed E-state index contributed by atoms with van der Waals surface area (Å²) in [6, 6.07) is 27.5. The van der Waals surface area contributed by atoms with Gasteiger partial charge < -0.3 is 14.2 Å². The Bertz CT molecular complexity index is 1910. The van der Waals surface area contributed by atoms with Gasteiger partial charge in [-0.2, -0.15) is 0 Å². The molecule has 2 amide bonds. The standard InChI is InChI=1S/C33H23FN2O4/c1-20-8-2-3-9-22(20)19-35-26-12-6-5-11-25(26)33(32(35)39)28-29(37)24-10-4-7-13-27(24)40-30(28)31(38)36(33)18-21-14-16-23(34)17-15-21/h2-17H,18-19H2,1H3. The van der Waals surface area contributed by atoms with Gasteiger partial charge in [0.15, 0.2) is 11.0 Å². The molecule has 7 heteroatoms. The van der Waals surface area contributed by atoms with E-state index in [2.05, 4.69) is 0 Å². The normalized spacial score (nSPS) is 17.6. The summed E-state index contributed by atoms with van der Waals surface area (Å²) in [7, 11) is 0. The molecule has 1 atom stereocenters. The summed E-state index contributed by atoms with van der Waals surface area (Å²) >= 11 is 0. The number of benzene rings is 4. The van der Waals surface area contributed by atoms with Gasteiger partial charge in [-0.25, -0.2) is 4.39 Å². The Morgan fingerprint density at radius 3 is 2.30 bits per heavy atom. The van der Waals surface area contributed by atoms with E-state index in [-0.39, 0.29) is 30.0 Å². The number of carbonyl (C=O) groups is 2. The molecule has 4 aromatic carbocycles. The van der Waals surface area contributed by atoms with Crippen molar-refractivity contribution < 1.29 is 18.4 Å². The molecule has 0 bridgehead atoms. The molecule has 5 aromatic rings. The van der Waals surface area contributed by atoms with Crippen LogP contribution in [0.1, 0.15) is 38.4 Å². The maximum atomic E-state index is 14.8. The summed E-state index contributed by atoms with van der Waals surface area (Å²) in [5.74, 6) is -1.53. The average Bonchev–Trinajstić information content (AvgIpc) is 3.36. The van der Waals surface area contributed by atoms with E-state index in [4.69, 9.17) is 4.42 Å². The third-order valence-corrected chi connectivity index (χ3v) is 7.99. The molecule has 0 fully saturated rings. The molecule has 0 saturated heterocycles. The van der Waals surface area contributed by atoms with Crippen LogP contribution in [-0.2, 0) is 23.4 Å². The Balaban J connectivity index is 1.51. The molecule has 0 saturated carbocycles. The van der Waals surface area contributed by atoms with Crippen LogP contribution in [0.3, 0.4) is 0 Å². The molecular weight excluding hydrogens is 507 g/mol. The third kappa shape index (κ3) is 3.24. The fraction of sp³-hybridized carbons (Fsp3) is 0.121. The minimum absolute atomic E-state index is 0.0167. The number of hydrogen-bond acceptors (Lipinski definition) is 4. The van der Waals surface area contributed by atoms with Gasteiger partial charge in [-0.15, -0.1) is 0 Å². The van der Waals surface area contributed by atoms with E-state index >= 15 is 0 Å². The van der Waals surface area contributed by atoms with E-state index in [1.807, 2.05) is 43.3 Å². The first-order valence-corrected chi connectivity index (χ1v) is 13.0. The first kappa shape index (κ1) is 24.0. The van der Waals surface area contributed by atoms with Gasteiger partial charge in [-0.1, -0.05) is 66.7 Å². The third-order valence-electron chi connectivity index (χ3n) is 7.99. The van der Waals surface area contributed by atoms with Crippen molar-refractivity contribution in [1.29, 1.82) is 0 Å². The van der Waals surface area contributed by atoms with Crippen LogP contribution in [0.4, 0.5) is 10.1 Å². The van der Waals surface area contributed by atoms with Crippen LogP contribution in [-0.4, -0.2) is 16.7 Å². The number of rotatable bonds is 4. The quantitative estimate of drug-likeness (QED) is 0.300. The molecule has 196 valence electrons. The maximum Gasteiger partial charge on any atom is 0.291 e. The lowest BCUT2D eigenvalue weighted by Gasteiger charge is -2.34. The van der Waals surface area contributed by atoms with E-state index in [0.29, 0.717) is 22.2 Å². The minimum atomic E-state index is -1.75. The molecule has 6 nitrogen and oxygen atoms in total. The second-order valence-electron chi connectivity index (χ2n) is 10.2. The van der Waals surface area contributed by atoms with Crippen molar-refractivity contribution in [3.63, 3.8) is 0 Å². The highest BCUT2D eigenvalue weighted by Gasteiger charge is 2.65. The average molecular weight is 531 g/mol. The molecule has 3 heterocycles. The van der Waals surface area contributed by atoms with Crippen LogP contribution in [0.25, 0.3) is 11.0 Å². The number of anilines is 1. The van der Waals surface area contributed by atoms with Crippen LogP contribution in [0.2, 0.25) is 0 Å². The molecule has 0 radical (unpaired) electrons. The van der Waals surface area contributed by atoms with Gasteiger partial charge in [0, 0.05) is 12.1 Å². The van der Waals surface area contributed by atoms with Crippen molar-refractivity contribution in [2.24, 2.45) is 0 Å². The second-order valence-corrected chi connectivity index (χ2v) is 10.2. The number of para-hydroxylation sites is 2. The van der Waals surface area contributed by atoms with Crippen LogP contribution in [0, 0.1) is 12.7 Å². The Hall–Kier alpha value is -5.04. The largest absolute Gasteiger partial charge is 0.450 e. The molecule has 1 unspecified atom stereocenters. The van der Waals surface area contributed by atoms with Gasteiger partial charge in [0.05, 0.1) is 23.2 Å². The fourth-order valence-electron chi connectivity index (χ4n) is 6.05. The molecule has 2 aliphatic rings. The molecule has 0 aliphatic carbocycles. The highest BCUT2D eigenvalue weighted by molar-refractivity contribution is 6.17. The van der Waals surface area contributed by atoms with Crippen molar-refractivity contribution in [3.05, 3.63) is 147 Å². The van der Waals surface area contributed by atoms with Gasteiger partial charge in [-0.3, -0.25) is 14.4 Å². The maximum absolute atomic E-state index is 14.8. The van der Waals surface area contributed by atoms with Crippen LogP contribution < -0.4 is 10.3 Å². The second kappa shape index (κ2) is 8.74. The number of nitrogens with zero attached hydrogens (tertiary/aromatic N) is 2. The number of aryl methyl sites for hydroxylation is 1. The monoisotopic (exact) mass is 530 g/mol. The molecule has 0 N–H and O–H groups in total. The molecule has 2 aliphatic heterocycles. The van der Waals surface area contributed by atoms with Gasteiger partial charge in [0.2, 0.25) is 5.76 Å². The summed E-state index contributed by atoms with van der Waals surface area (Å²) in [4.78, 5) is 46.2. The highest BCUT2D eigenvalue weighted by atomic mass is 19.1. The lowest BCUT2D eigenvalue weighted by atomic mass is 9.83. The summed E-state index contributed by atoms with van der Waals surface area (Å²) in [5.41, 5.74) is 1.85. The lowest BCUT2D eigenvalue weighted by molar-refractivity contribution is -0.126. The summed E-state index contributed by atoms with van der Waals surface area (Å²) in [6.45, 7) is 2.21. The smallest absolute Gasteiger partial charge is 0.291 e. The fourth-order valence-corrected chi connectivity index (χ4v) is 6.05. The zero-order chi connectivity index (χ0) is 27.6. The van der Waals surface area contributed by atoms with Crippen molar-refractivity contribution in [3.8, 4) is 0 Å². The molecule has 7 rings (SSSR count). The summed E-state index contributed by atoms with van der Waals surface area (Å²) in [5, 5.41) is 0.291. The lowest BCUT2D eigenvalue weighted by Crippen LogP contribution is -2.53. The predicted octanol–water partition coefficient (Wildman–Crippen LogP) is 5.69. The van der Waals surface area contributed by atoms with E-state index in [1.54, 1.807) is 53.4 Å². The Morgan fingerprint density at radius 2 is 1.50 bits per heavy atom. The number of fused-ring (bicyclic) bond motifs is 5. The Kier molecular flexibility index (Phi) is 5.25. The van der Waals surface area contributed by atoms with Crippen LogP contribution >= 0.6 is 0 Å². The van der Waals surface area contributed by atoms with Crippen molar-refractivity contribution in [1.82, 2.24) is 4.90 Å². The van der Waals surface area contributed by atoms with Gasteiger partial charge >= 0.3 is 0 Å². The molecular formula is C33H23FN2O4. The van der Waals surface area contributed by atoms with Crippen molar-refractivity contribution in [2.75, 3.05) is 4.90 Å². The summed E-state index contributed by atoms with van der Waals surface area (Å²) < 4.78 is 19.8. The number of hydrogen-bond donors (Lipinski definition) is 0. The summed E-state index contributed by atoms with van der Waals surface area (Å²) in [6.07, 6.45) is 0. The van der Waals surface area contributed by atoms with Gasteiger partial charge in [-0.05, 0) is 53.9 Å². The Morgan fingerprint density at radius 1 is 0.800 bits per heavy atom. The molecule has 1 spiro atoms. The number of amides is 2. The molecule has 1 aromatic heterocycles. The zero-order valence-electron chi connectivity index (χ0n) is 21.6. The molecule has 40 heavy (non-hydrogen) atoms. The highest BCUT2D eigenvalue weighted by Crippen LogP contribution is 2.53. The first-order valence-electron chi connectivity index (χ1n) is 13.0. The van der Waals surface area contributed by atoms with Crippen molar-refractivity contribution in [2.45, 2.75) is 25.6 Å². The first-order chi connectivity index (χ1) is 19.4. The van der Waals surface area contributed by atoms with E-state index in [0.717, 1.165) is 11.1 Å². The van der Waals surface area contributed by atoms with Crippen LogP contribution in [0.15, 0.2) is 106 Å². The minimum Gasteiger partial charge on any atom is -0.450 e.